The van der Waals surface area contributed by atoms with Crippen molar-refractivity contribution >= 4 is 23.1 Å². The summed E-state index contributed by atoms with van der Waals surface area (Å²) in [6.45, 7) is 8.55. The lowest BCUT2D eigenvalue weighted by Crippen LogP contribution is -2.47. The zero-order valence-electron chi connectivity index (χ0n) is 15.6. The van der Waals surface area contributed by atoms with Gasteiger partial charge >= 0.3 is 6.09 Å². The van der Waals surface area contributed by atoms with Gasteiger partial charge < -0.3 is 19.5 Å². The van der Waals surface area contributed by atoms with Crippen molar-refractivity contribution in [2.45, 2.75) is 45.6 Å². The van der Waals surface area contributed by atoms with E-state index in [1.165, 1.54) is 5.56 Å². The van der Waals surface area contributed by atoms with Crippen LogP contribution in [0.25, 0.3) is 11.0 Å². The number of nitrogens with zero attached hydrogens (tertiary/aromatic N) is 3. The molecule has 2 saturated heterocycles. The molecule has 6 nitrogen and oxygen atoms in total. The molecule has 136 valence electrons. The van der Waals surface area contributed by atoms with Gasteiger partial charge in [0.15, 0.2) is 0 Å². The quantitative estimate of drug-likeness (QED) is 0.905. The number of amides is 1. The number of fused-ring (bicyclic) bond motifs is 1. The lowest BCUT2D eigenvalue weighted by atomic mass is 9.91. The molecule has 1 N–H and O–H groups in total. The molecule has 1 aromatic carbocycles. The number of benzene rings is 1. The topological polar surface area (TPSA) is 61.5 Å². The molecule has 2 aliphatic rings. The van der Waals surface area contributed by atoms with Crippen LogP contribution in [0.5, 0.6) is 0 Å². The number of rotatable bonds is 2. The van der Waals surface area contributed by atoms with Crippen LogP contribution in [-0.2, 0) is 11.2 Å². The van der Waals surface area contributed by atoms with Gasteiger partial charge in [0.25, 0.3) is 0 Å². The monoisotopic (exact) mass is 344 g/mol. The highest BCUT2D eigenvalue weighted by atomic mass is 16.6. The maximum Gasteiger partial charge on any atom is 0.410 e. The first-order chi connectivity index (χ1) is 12.1. The summed E-state index contributed by atoms with van der Waals surface area (Å²) >= 11 is 0. The molecule has 25 heavy (non-hydrogen) atoms. The Morgan fingerprint density at radius 2 is 2.00 bits per heavy atom. The lowest BCUT2D eigenvalue weighted by molar-refractivity contribution is 0.0365. The second-order valence-electron chi connectivity index (χ2n) is 6.66. The number of aryl methyl sites for hydroxylation is 1. The third kappa shape index (κ3) is 3.30. The van der Waals surface area contributed by atoms with Crippen LogP contribution < -0.4 is 4.90 Å². The second-order valence-corrected chi connectivity index (χ2v) is 6.66. The van der Waals surface area contributed by atoms with Crippen LogP contribution >= 0.6 is 0 Å². The van der Waals surface area contributed by atoms with Gasteiger partial charge in [-0.05, 0) is 24.1 Å². The van der Waals surface area contributed by atoms with E-state index in [4.69, 9.17) is 9.72 Å². The molecule has 2 aliphatic heterocycles. The fourth-order valence-electron chi connectivity index (χ4n) is 3.59. The van der Waals surface area contributed by atoms with Crippen molar-refractivity contribution in [2.75, 3.05) is 31.6 Å². The van der Waals surface area contributed by atoms with Gasteiger partial charge in [0, 0.05) is 33.0 Å². The van der Waals surface area contributed by atoms with Crippen LogP contribution in [0.15, 0.2) is 18.2 Å². The molecule has 0 radical (unpaired) electrons. The Kier molecular flexibility index (Phi) is 4.88. The predicted molar refractivity (Wildman–Crippen MR) is 100 cm³/mol. The molecule has 1 amide bonds. The highest BCUT2D eigenvalue weighted by Gasteiger charge is 2.45. The molecule has 3 heterocycles. The van der Waals surface area contributed by atoms with E-state index >= 15 is 0 Å². The molecule has 0 aliphatic carbocycles. The third-order valence-electron chi connectivity index (χ3n) is 5.06. The van der Waals surface area contributed by atoms with E-state index in [2.05, 4.69) is 35.0 Å². The van der Waals surface area contributed by atoms with Crippen molar-refractivity contribution in [3.63, 3.8) is 0 Å². The van der Waals surface area contributed by atoms with E-state index in [9.17, 15) is 4.79 Å². The van der Waals surface area contributed by atoms with Crippen LogP contribution in [0.3, 0.4) is 0 Å². The number of carbonyl (C=O) groups is 1. The molecule has 0 atom stereocenters. The van der Waals surface area contributed by atoms with Gasteiger partial charge in [0.05, 0.1) is 17.6 Å². The molecular weight excluding hydrogens is 316 g/mol. The minimum absolute atomic E-state index is 0.200. The van der Waals surface area contributed by atoms with Gasteiger partial charge in [-0.3, -0.25) is 0 Å². The van der Waals surface area contributed by atoms with Gasteiger partial charge in [0.2, 0.25) is 5.95 Å². The molecule has 2 fully saturated rings. The Morgan fingerprint density at radius 1 is 1.28 bits per heavy atom. The average Bonchev–Trinajstić information content (AvgIpc) is 3.17. The summed E-state index contributed by atoms with van der Waals surface area (Å²) in [5.41, 5.74) is 3.10. The lowest BCUT2D eigenvalue weighted by Gasteiger charge is -2.37. The molecule has 0 unspecified atom stereocenters. The van der Waals surface area contributed by atoms with E-state index in [1.54, 1.807) is 11.9 Å². The molecule has 1 spiro atoms. The van der Waals surface area contributed by atoms with Crippen LogP contribution in [0.1, 0.15) is 39.2 Å². The normalized spacial score (nSPS) is 19.1. The number of imidazole rings is 1. The number of hydrogen-bond donors (Lipinski definition) is 1. The highest BCUT2D eigenvalue weighted by molar-refractivity contribution is 5.78. The van der Waals surface area contributed by atoms with E-state index in [-0.39, 0.29) is 11.7 Å². The first-order valence-corrected chi connectivity index (χ1v) is 9.26. The first kappa shape index (κ1) is 17.6. The Hall–Kier alpha value is -2.24. The van der Waals surface area contributed by atoms with E-state index in [0.717, 1.165) is 49.3 Å². The number of ether oxygens (including phenoxy) is 1. The van der Waals surface area contributed by atoms with Crippen molar-refractivity contribution in [3.05, 3.63) is 23.8 Å². The van der Waals surface area contributed by atoms with Gasteiger partial charge in [0.1, 0.15) is 5.60 Å². The fourth-order valence-corrected chi connectivity index (χ4v) is 3.59. The van der Waals surface area contributed by atoms with Gasteiger partial charge in [-0.2, -0.15) is 0 Å². The molecule has 6 heteroatoms. The Morgan fingerprint density at radius 3 is 2.60 bits per heavy atom. The zero-order valence-corrected chi connectivity index (χ0v) is 15.6. The van der Waals surface area contributed by atoms with E-state index < -0.39 is 0 Å². The summed E-state index contributed by atoms with van der Waals surface area (Å²) in [5.74, 6) is 0.917. The number of H-pyrrole nitrogens is 1. The number of hydrogen-bond acceptors (Lipinski definition) is 4. The summed E-state index contributed by atoms with van der Waals surface area (Å²) in [7, 11) is 1.80. The number of aromatic nitrogens is 2. The number of likely N-dealkylation sites (N-methyl/N-ethyl adjacent to an activating group) is 1. The van der Waals surface area contributed by atoms with Crippen molar-refractivity contribution in [2.24, 2.45) is 0 Å². The van der Waals surface area contributed by atoms with Crippen LogP contribution in [-0.4, -0.2) is 53.2 Å². The average molecular weight is 344 g/mol. The molecule has 1 aromatic heterocycles. The smallest absolute Gasteiger partial charge is 0.410 e. The molecule has 4 rings (SSSR count). The van der Waals surface area contributed by atoms with Crippen molar-refractivity contribution in [3.8, 4) is 0 Å². The maximum absolute atomic E-state index is 11.6. The first-order valence-electron chi connectivity index (χ1n) is 9.26. The summed E-state index contributed by atoms with van der Waals surface area (Å²) in [5, 5.41) is 0. The second kappa shape index (κ2) is 6.94. The minimum atomic E-state index is -0.302. The van der Waals surface area contributed by atoms with Crippen molar-refractivity contribution in [1.29, 1.82) is 0 Å². The molecule has 2 aromatic rings. The number of piperidine rings is 1. The molecule has 0 saturated carbocycles. The predicted octanol–water partition coefficient (Wildman–Crippen LogP) is 3.57. The summed E-state index contributed by atoms with van der Waals surface area (Å²) in [6.07, 6.45) is 2.52. The third-order valence-corrected chi connectivity index (χ3v) is 5.06. The van der Waals surface area contributed by atoms with E-state index in [1.807, 2.05) is 13.8 Å². The Bertz CT molecular complexity index is 747. The van der Waals surface area contributed by atoms with Gasteiger partial charge in [-0.1, -0.05) is 26.8 Å². The summed E-state index contributed by atoms with van der Waals surface area (Å²) < 4.78 is 5.61. The largest absolute Gasteiger partial charge is 0.441 e. The van der Waals surface area contributed by atoms with Gasteiger partial charge in [-0.15, -0.1) is 0 Å². The van der Waals surface area contributed by atoms with Crippen LogP contribution in [0.4, 0.5) is 10.7 Å². The van der Waals surface area contributed by atoms with Crippen LogP contribution in [0.2, 0.25) is 0 Å². The van der Waals surface area contributed by atoms with E-state index in [0.29, 0.717) is 6.54 Å². The molecular formula is C19H28N4O2. The number of aromatic amines is 1. The SMILES string of the molecule is CC.CCc1ccc2nc(N3CCC4(CC3)CN(C)C(=O)O4)[nH]c2c1. The number of nitrogens with one attached hydrogen (secondary N) is 1. The number of carbonyl (C=O) groups excluding carboxylic acids is 1. The summed E-state index contributed by atoms with van der Waals surface area (Å²) in [6, 6.07) is 6.38. The standard InChI is InChI=1S/C17H22N4O2.C2H6/c1-3-12-4-5-13-14(10-12)19-15(18-13)21-8-6-17(7-9-21)11-20(2)16(22)23-17;1-2/h4-5,10H,3,6-9,11H2,1-2H3,(H,18,19);1-2H3. The van der Waals surface area contributed by atoms with Gasteiger partial charge in [-0.25, -0.2) is 9.78 Å². The highest BCUT2D eigenvalue weighted by Crippen LogP contribution is 2.34. The van der Waals surface area contributed by atoms with Crippen molar-refractivity contribution in [1.82, 2.24) is 14.9 Å². The zero-order chi connectivity index (χ0) is 18.0. The summed E-state index contributed by atoms with van der Waals surface area (Å²) in [4.78, 5) is 23.7. The van der Waals surface area contributed by atoms with Crippen LogP contribution in [0, 0.1) is 0 Å². The Balaban J connectivity index is 0.000000880. The Labute approximate surface area is 149 Å². The minimum Gasteiger partial charge on any atom is -0.441 e. The fraction of sp³-hybridized carbons (Fsp3) is 0.579. The molecule has 0 bridgehead atoms. The maximum atomic E-state index is 11.6. The number of anilines is 1. The van der Waals surface area contributed by atoms with Crippen molar-refractivity contribution < 1.29 is 9.53 Å².